The Kier molecular flexibility index (Phi) is 5.92. The zero-order valence-electron chi connectivity index (χ0n) is 16.4. The molecule has 150 valence electrons. The van der Waals surface area contributed by atoms with Crippen LogP contribution < -0.4 is 15.5 Å². The van der Waals surface area contributed by atoms with Gasteiger partial charge in [-0.15, -0.1) is 11.3 Å². The fraction of sp³-hybridized carbons (Fsp3) is 0.526. The molecule has 2 aliphatic rings. The summed E-state index contributed by atoms with van der Waals surface area (Å²) in [5.74, 6) is 1.66. The lowest BCUT2D eigenvalue weighted by Crippen LogP contribution is -2.51. The average Bonchev–Trinajstić information content (AvgIpc) is 3.28. The standard InChI is InChI=1S/C19H28N8S/c1-24-5-7-25(8-6-24)17-14-16(2-3-21-17)15-23-18(20)26-9-11-27(12-10-26)19-22-4-13-28-19/h2-4,13-14H,5-12,15H2,1H3,(H2,20,23). The monoisotopic (exact) mass is 400 g/mol. The van der Waals surface area contributed by atoms with E-state index in [-0.39, 0.29) is 0 Å². The molecule has 2 N–H and O–H groups in total. The molecule has 0 spiro atoms. The molecule has 0 aromatic carbocycles. The van der Waals surface area contributed by atoms with E-state index in [1.807, 2.05) is 23.8 Å². The predicted octanol–water partition coefficient (Wildman–Crippen LogP) is 0.927. The fourth-order valence-electron chi connectivity index (χ4n) is 3.54. The van der Waals surface area contributed by atoms with Gasteiger partial charge in [-0.2, -0.15) is 0 Å². The number of anilines is 2. The largest absolute Gasteiger partial charge is 0.370 e. The molecule has 4 heterocycles. The topological polar surface area (TPSA) is 77.1 Å². The number of guanidine groups is 1. The smallest absolute Gasteiger partial charge is 0.191 e. The van der Waals surface area contributed by atoms with Crippen molar-refractivity contribution in [3.8, 4) is 0 Å². The van der Waals surface area contributed by atoms with Crippen molar-refractivity contribution in [1.29, 1.82) is 0 Å². The summed E-state index contributed by atoms with van der Waals surface area (Å²) in [6.45, 7) is 8.36. The fourth-order valence-corrected chi connectivity index (χ4v) is 4.24. The molecule has 2 aromatic rings. The molecular weight excluding hydrogens is 372 g/mol. The number of nitrogens with two attached hydrogens (primary N) is 1. The van der Waals surface area contributed by atoms with E-state index in [0.29, 0.717) is 12.5 Å². The molecule has 0 bridgehead atoms. The summed E-state index contributed by atoms with van der Waals surface area (Å²) in [6.07, 6.45) is 3.73. The molecule has 28 heavy (non-hydrogen) atoms. The van der Waals surface area contributed by atoms with Crippen LogP contribution in [0.15, 0.2) is 34.9 Å². The Morgan fingerprint density at radius 2 is 1.79 bits per heavy atom. The number of thiazole rings is 1. The predicted molar refractivity (Wildman–Crippen MR) is 115 cm³/mol. The van der Waals surface area contributed by atoms with Crippen molar-refractivity contribution in [3.05, 3.63) is 35.5 Å². The van der Waals surface area contributed by atoms with Crippen molar-refractivity contribution in [2.24, 2.45) is 10.7 Å². The molecule has 4 rings (SSSR count). The lowest BCUT2D eigenvalue weighted by Gasteiger charge is -2.35. The third kappa shape index (κ3) is 4.53. The van der Waals surface area contributed by atoms with Crippen LogP contribution in [0.1, 0.15) is 5.56 Å². The maximum atomic E-state index is 6.27. The van der Waals surface area contributed by atoms with Gasteiger partial charge in [-0.25, -0.2) is 15.0 Å². The summed E-state index contributed by atoms with van der Waals surface area (Å²) >= 11 is 1.68. The van der Waals surface area contributed by atoms with Gasteiger partial charge >= 0.3 is 0 Å². The minimum atomic E-state index is 0.585. The highest BCUT2D eigenvalue weighted by atomic mass is 32.1. The second-order valence-electron chi connectivity index (χ2n) is 7.28. The summed E-state index contributed by atoms with van der Waals surface area (Å²) in [6, 6.07) is 4.17. The second kappa shape index (κ2) is 8.74. The van der Waals surface area contributed by atoms with E-state index in [0.717, 1.165) is 68.9 Å². The molecule has 0 aliphatic carbocycles. The Morgan fingerprint density at radius 3 is 2.50 bits per heavy atom. The third-order valence-corrected chi connectivity index (χ3v) is 6.19. The Hall–Kier alpha value is -2.39. The van der Waals surface area contributed by atoms with Crippen LogP contribution in [0.3, 0.4) is 0 Å². The van der Waals surface area contributed by atoms with Gasteiger partial charge in [-0.1, -0.05) is 0 Å². The van der Waals surface area contributed by atoms with E-state index in [1.165, 1.54) is 0 Å². The van der Waals surface area contributed by atoms with Gasteiger partial charge in [0.15, 0.2) is 11.1 Å². The first kappa shape index (κ1) is 18.9. The van der Waals surface area contributed by atoms with E-state index >= 15 is 0 Å². The van der Waals surface area contributed by atoms with Crippen LogP contribution in [0.25, 0.3) is 0 Å². The molecule has 0 amide bonds. The number of piperazine rings is 2. The van der Waals surface area contributed by atoms with E-state index in [4.69, 9.17) is 5.73 Å². The highest BCUT2D eigenvalue weighted by Gasteiger charge is 2.20. The Balaban J connectivity index is 1.32. The molecule has 8 nitrogen and oxygen atoms in total. The van der Waals surface area contributed by atoms with Crippen molar-refractivity contribution in [2.45, 2.75) is 6.54 Å². The number of aliphatic imine (C=N–C) groups is 1. The SMILES string of the molecule is CN1CCN(c2cc(CN=C(N)N3CCN(c4nccs4)CC3)ccn2)CC1. The zero-order valence-corrected chi connectivity index (χ0v) is 17.2. The molecule has 2 fully saturated rings. The van der Waals surface area contributed by atoms with Crippen LogP contribution in [0.5, 0.6) is 0 Å². The van der Waals surface area contributed by atoms with Crippen LogP contribution in [0.4, 0.5) is 10.9 Å². The summed E-state index contributed by atoms with van der Waals surface area (Å²) in [5, 5.41) is 3.10. The average molecular weight is 401 g/mol. The van der Waals surface area contributed by atoms with Crippen LogP contribution >= 0.6 is 11.3 Å². The summed E-state index contributed by atoms with van der Waals surface area (Å²) in [7, 11) is 2.16. The number of pyridine rings is 1. The maximum Gasteiger partial charge on any atom is 0.191 e. The van der Waals surface area contributed by atoms with Crippen molar-refractivity contribution in [1.82, 2.24) is 19.8 Å². The van der Waals surface area contributed by atoms with Gasteiger partial charge in [-0.3, -0.25) is 0 Å². The van der Waals surface area contributed by atoms with E-state index < -0.39 is 0 Å². The van der Waals surface area contributed by atoms with Gasteiger partial charge in [0.25, 0.3) is 0 Å². The highest BCUT2D eigenvalue weighted by molar-refractivity contribution is 7.13. The highest BCUT2D eigenvalue weighted by Crippen LogP contribution is 2.19. The van der Waals surface area contributed by atoms with Crippen LogP contribution in [0.2, 0.25) is 0 Å². The minimum absolute atomic E-state index is 0.585. The minimum Gasteiger partial charge on any atom is -0.370 e. The first-order valence-electron chi connectivity index (χ1n) is 9.77. The number of aromatic nitrogens is 2. The van der Waals surface area contributed by atoms with Gasteiger partial charge < -0.3 is 25.3 Å². The van der Waals surface area contributed by atoms with Crippen molar-refractivity contribution >= 4 is 28.2 Å². The molecule has 0 unspecified atom stereocenters. The quantitative estimate of drug-likeness (QED) is 0.604. The molecule has 2 aliphatic heterocycles. The first-order chi connectivity index (χ1) is 13.7. The molecule has 9 heteroatoms. The number of hydrogen-bond acceptors (Lipinski definition) is 7. The summed E-state index contributed by atoms with van der Waals surface area (Å²) in [4.78, 5) is 22.7. The maximum absolute atomic E-state index is 6.27. The summed E-state index contributed by atoms with van der Waals surface area (Å²) in [5.41, 5.74) is 7.42. The Labute approximate surface area is 170 Å². The van der Waals surface area contributed by atoms with Gasteiger partial charge in [0, 0.05) is 70.1 Å². The van der Waals surface area contributed by atoms with Crippen molar-refractivity contribution in [2.75, 3.05) is 69.2 Å². The number of likely N-dealkylation sites (N-methyl/N-ethyl adjacent to an activating group) is 1. The van der Waals surface area contributed by atoms with Gasteiger partial charge in [0.2, 0.25) is 0 Å². The van der Waals surface area contributed by atoms with Gasteiger partial charge in [-0.05, 0) is 24.7 Å². The first-order valence-corrected chi connectivity index (χ1v) is 10.6. The number of nitrogens with zero attached hydrogens (tertiary/aromatic N) is 7. The number of hydrogen-bond donors (Lipinski definition) is 1. The molecule has 0 saturated carbocycles. The van der Waals surface area contributed by atoms with Crippen molar-refractivity contribution in [3.63, 3.8) is 0 Å². The van der Waals surface area contributed by atoms with Crippen molar-refractivity contribution < 1.29 is 0 Å². The molecule has 2 aromatic heterocycles. The Bertz CT molecular complexity index is 777. The molecule has 0 radical (unpaired) electrons. The normalized spacial score (nSPS) is 19.3. The Morgan fingerprint density at radius 1 is 1.04 bits per heavy atom. The lowest BCUT2D eigenvalue weighted by molar-refractivity contribution is 0.312. The van der Waals surface area contributed by atoms with Crippen LogP contribution in [-0.2, 0) is 6.54 Å². The van der Waals surface area contributed by atoms with Crippen LogP contribution in [-0.4, -0.2) is 85.1 Å². The van der Waals surface area contributed by atoms with E-state index in [1.54, 1.807) is 11.3 Å². The molecule has 2 saturated heterocycles. The third-order valence-electron chi connectivity index (χ3n) is 5.35. The molecule has 0 atom stereocenters. The molecular formula is C19H28N8S. The zero-order chi connectivity index (χ0) is 19.3. The van der Waals surface area contributed by atoms with Crippen LogP contribution in [0, 0.1) is 0 Å². The summed E-state index contributed by atoms with van der Waals surface area (Å²) < 4.78 is 0. The van der Waals surface area contributed by atoms with E-state index in [2.05, 4.69) is 47.7 Å². The van der Waals surface area contributed by atoms with Gasteiger partial charge in [0.1, 0.15) is 5.82 Å². The van der Waals surface area contributed by atoms with E-state index in [9.17, 15) is 0 Å². The number of rotatable bonds is 4. The van der Waals surface area contributed by atoms with Gasteiger partial charge in [0.05, 0.1) is 6.54 Å². The second-order valence-corrected chi connectivity index (χ2v) is 8.15. The lowest BCUT2D eigenvalue weighted by atomic mass is 10.2.